The number of nitrogens with zero attached hydrogens (tertiary/aromatic N) is 2. The number of anilines is 1. The number of benzene rings is 4. The van der Waals surface area contributed by atoms with E-state index in [1.807, 2.05) is 73.8 Å². The zero-order valence-electron chi connectivity index (χ0n) is 13.8. The number of hydrogen-bond donors (Lipinski definition) is 2. The van der Waals surface area contributed by atoms with E-state index in [1.54, 1.807) is 6.07 Å². The van der Waals surface area contributed by atoms with Gasteiger partial charge in [-0.15, -0.1) is 10.2 Å². The molecule has 0 aromatic heterocycles. The Morgan fingerprint density at radius 1 is 0.720 bits per heavy atom. The topological polar surface area (TPSA) is 57.0 Å². The Hall–Kier alpha value is -3.40. The highest BCUT2D eigenvalue weighted by molar-refractivity contribution is 6.01. The van der Waals surface area contributed by atoms with E-state index in [1.165, 1.54) is 0 Å². The molecule has 0 aliphatic heterocycles. The van der Waals surface area contributed by atoms with Crippen molar-refractivity contribution in [2.45, 2.75) is 0 Å². The van der Waals surface area contributed by atoms with Crippen LogP contribution in [0.2, 0.25) is 0 Å². The maximum Gasteiger partial charge on any atom is 0.152 e. The van der Waals surface area contributed by atoms with E-state index in [0.717, 1.165) is 32.9 Å². The van der Waals surface area contributed by atoms with E-state index in [2.05, 4.69) is 15.5 Å². The van der Waals surface area contributed by atoms with Crippen molar-refractivity contribution in [1.82, 2.24) is 0 Å². The van der Waals surface area contributed by atoms with Gasteiger partial charge in [-0.2, -0.15) is 0 Å². The van der Waals surface area contributed by atoms with Gasteiger partial charge in [0.25, 0.3) is 0 Å². The first-order valence-corrected chi connectivity index (χ1v) is 8.10. The highest BCUT2D eigenvalue weighted by Gasteiger charge is 2.09. The van der Waals surface area contributed by atoms with Gasteiger partial charge in [0.1, 0.15) is 5.69 Å². The van der Waals surface area contributed by atoms with Crippen LogP contribution >= 0.6 is 0 Å². The molecule has 4 aromatic carbocycles. The first-order valence-electron chi connectivity index (χ1n) is 8.10. The Balaban J connectivity index is 1.83. The van der Waals surface area contributed by atoms with Crippen molar-refractivity contribution >= 4 is 38.6 Å². The predicted octanol–water partition coefficient (Wildman–Crippen LogP) is 6.16. The Morgan fingerprint density at radius 3 is 2.32 bits per heavy atom. The lowest BCUT2D eigenvalue weighted by atomic mass is 10.1. The number of fused-ring (bicyclic) bond motifs is 2. The average molecular weight is 327 g/mol. The van der Waals surface area contributed by atoms with Crippen LogP contribution < -0.4 is 5.32 Å². The molecule has 4 rings (SSSR count). The van der Waals surface area contributed by atoms with E-state index in [0.29, 0.717) is 5.69 Å². The second-order valence-electron chi connectivity index (χ2n) is 5.79. The van der Waals surface area contributed by atoms with Crippen LogP contribution in [0, 0.1) is 0 Å². The summed E-state index contributed by atoms with van der Waals surface area (Å²) in [5, 5.41) is 26.3. The van der Waals surface area contributed by atoms with Gasteiger partial charge in [0.2, 0.25) is 0 Å². The van der Waals surface area contributed by atoms with Crippen LogP contribution in [0.5, 0.6) is 5.75 Å². The highest BCUT2D eigenvalue weighted by atomic mass is 16.3. The molecule has 0 amide bonds. The van der Waals surface area contributed by atoms with Crippen LogP contribution in [0.4, 0.5) is 17.1 Å². The number of phenolic OH excluding ortho intramolecular Hbond substituents is 1. The van der Waals surface area contributed by atoms with Gasteiger partial charge in [0.15, 0.2) is 5.75 Å². The smallest absolute Gasteiger partial charge is 0.152 e. The predicted molar refractivity (Wildman–Crippen MR) is 103 cm³/mol. The van der Waals surface area contributed by atoms with Crippen LogP contribution in [0.3, 0.4) is 0 Å². The van der Waals surface area contributed by atoms with Gasteiger partial charge < -0.3 is 10.4 Å². The van der Waals surface area contributed by atoms with Crippen molar-refractivity contribution in [3.8, 4) is 5.75 Å². The lowest BCUT2D eigenvalue weighted by Gasteiger charge is -2.09. The monoisotopic (exact) mass is 327 g/mol. The van der Waals surface area contributed by atoms with E-state index >= 15 is 0 Å². The normalized spacial score (nSPS) is 11.4. The van der Waals surface area contributed by atoms with Crippen molar-refractivity contribution < 1.29 is 5.11 Å². The number of aromatic hydroxyl groups is 1. The first kappa shape index (κ1) is 15.1. The molecule has 0 aliphatic rings. The zero-order valence-corrected chi connectivity index (χ0v) is 13.8. The molecule has 0 bridgehead atoms. The van der Waals surface area contributed by atoms with Gasteiger partial charge in [-0.3, -0.25) is 0 Å². The van der Waals surface area contributed by atoms with Crippen LogP contribution in [0.15, 0.2) is 83.0 Å². The van der Waals surface area contributed by atoms with Crippen molar-refractivity contribution in [3.05, 3.63) is 72.8 Å². The lowest BCUT2D eigenvalue weighted by Crippen LogP contribution is -1.89. The molecule has 4 aromatic rings. The van der Waals surface area contributed by atoms with Crippen LogP contribution in [-0.2, 0) is 0 Å². The van der Waals surface area contributed by atoms with E-state index in [4.69, 9.17) is 0 Å². The fourth-order valence-corrected chi connectivity index (χ4v) is 3.04. The number of azo groups is 1. The fraction of sp³-hybridized carbons (Fsp3) is 0.0476. The van der Waals surface area contributed by atoms with E-state index < -0.39 is 0 Å². The standard InChI is InChI=1S/C21H17N3O/c1-22-18-11-5-8-15-12-13-19(21(25)20(15)18)24-23-17-10-4-7-14-6-2-3-9-16(14)17/h2-13,22,25H,1H3. The summed E-state index contributed by atoms with van der Waals surface area (Å²) in [7, 11) is 1.83. The molecule has 0 heterocycles. The fourth-order valence-electron chi connectivity index (χ4n) is 3.04. The number of phenols is 1. The van der Waals surface area contributed by atoms with Crippen LogP contribution in [0.1, 0.15) is 0 Å². The third-order valence-corrected chi connectivity index (χ3v) is 4.30. The summed E-state index contributed by atoms with van der Waals surface area (Å²) in [4.78, 5) is 0. The third kappa shape index (κ3) is 2.68. The summed E-state index contributed by atoms with van der Waals surface area (Å²) in [6, 6.07) is 23.5. The minimum atomic E-state index is 0.131. The summed E-state index contributed by atoms with van der Waals surface area (Å²) in [5.41, 5.74) is 2.08. The average Bonchev–Trinajstić information content (AvgIpc) is 2.67. The second-order valence-corrected chi connectivity index (χ2v) is 5.79. The second kappa shape index (κ2) is 6.24. The summed E-state index contributed by atoms with van der Waals surface area (Å²) >= 11 is 0. The molecule has 4 heteroatoms. The largest absolute Gasteiger partial charge is 0.505 e. The van der Waals surface area contributed by atoms with Gasteiger partial charge in [-0.05, 0) is 29.0 Å². The molecule has 0 atom stereocenters. The van der Waals surface area contributed by atoms with Gasteiger partial charge in [-0.1, -0.05) is 54.6 Å². The molecule has 0 aliphatic carbocycles. The van der Waals surface area contributed by atoms with Gasteiger partial charge >= 0.3 is 0 Å². The molecular formula is C21H17N3O. The third-order valence-electron chi connectivity index (χ3n) is 4.30. The molecule has 0 spiro atoms. The summed E-state index contributed by atoms with van der Waals surface area (Å²) in [6.45, 7) is 0. The van der Waals surface area contributed by atoms with E-state index in [-0.39, 0.29) is 5.75 Å². The van der Waals surface area contributed by atoms with Crippen LogP contribution in [0.25, 0.3) is 21.5 Å². The highest BCUT2D eigenvalue weighted by Crippen LogP contribution is 2.39. The quantitative estimate of drug-likeness (QED) is 0.443. The molecule has 0 fully saturated rings. The molecule has 0 unspecified atom stereocenters. The molecular weight excluding hydrogens is 310 g/mol. The summed E-state index contributed by atoms with van der Waals surface area (Å²) in [6.07, 6.45) is 0. The van der Waals surface area contributed by atoms with Crippen molar-refractivity contribution in [3.63, 3.8) is 0 Å². The minimum Gasteiger partial charge on any atom is -0.505 e. The Labute approximate surface area is 145 Å². The molecule has 0 radical (unpaired) electrons. The summed E-state index contributed by atoms with van der Waals surface area (Å²) in [5.74, 6) is 0.131. The van der Waals surface area contributed by atoms with Crippen molar-refractivity contribution in [2.75, 3.05) is 12.4 Å². The zero-order chi connectivity index (χ0) is 17.2. The summed E-state index contributed by atoms with van der Waals surface area (Å²) < 4.78 is 0. The SMILES string of the molecule is CNc1cccc2ccc(N=Nc3cccc4ccccc34)c(O)c12. The van der Waals surface area contributed by atoms with Crippen LogP contribution in [-0.4, -0.2) is 12.2 Å². The number of rotatable bonds is 3. The van der Waals surface area contributed by atoms with Crippen molar-refractivity contribution in [1.29, 1.82) is 0 Å². The Kier molecular flexibility index (Phi) is 3.78. The van der Waals surface area contributed by atoms with Gasteiger partial charge in [0, 0.05) is 23.5 Å². The molecule has 25 heavy (non-hydrogen) atoms. The minimum absolute atomic E-state index is 0.131. The number of nitrogens with one attached hydrogen (secondary N) is 1. The molecule has 122 valence electrons. The molecule has 2 N–H and O–H groups in total. The number of hydrogen-bond acceptors (Lipinski definition) is 4. The maximum atomic E-state index is 10.7. The molecule has 0 saturated heterocycles. The lowest BCUT2D eigenvalue weighted by molar-refractivity contribution is 0.483. The van der Waals surface area contributed by atoms with Gasteiger partial charge in [-0.25, -0.2) is 0 Å². The van der Waals surface area contributed by atoms with Gasteiger partial charge in [0.05, 0.1) is 5.69 Å². The molecule has 0 saturated carbocycles. The Morgan fingerprint density at radius 2 is 1.44 bits per heavy atom. The van der Waals surface area contributed by atoms with E-state index in [9.17, 15) is 5.11 Å². The maximum absolute atomic E-state index is 10.7. The van der Waals surface area contributed by atoms with Crippen molar-refractivity contribution in [2.24, 2.45) is 10.2 Å². The molecule has 4 nitrogen and oxygen atoms in total. The Bertz CT molecular complexity index is 1100. The first-order chi connectivity index (χ1) is 12.3.